The van der Waals surface area contributed by atoms with Gasteiger partial charge in [-0.2, -0.15) is 0 Å². The average molecular weight is 262 g/mol. The Hall–Kier alpha value is -1.87. The fraction of sp³-hybridized carbons (Fsp3) is 0.143. The maximum absolute atomic E-state index is 11.0. The molecule has 2 aromatic rings. The Labute approximate surface area is 110 Å². The smallest absolute Gasteiger partial charge is 0.356 e. The minimum Gasteiger partial charge on any atom is -0.476 e. The molecule has 18 heavy (non-hydrogen) atoms. The fourth-order valence-corrected chi connectivity index (χ4v) is 1.84. The van der Waals surface area contributed by atoms with Crippen molar-refractivity contribution in [1.29, 1.82) is 0 Å². The van der Waals surface area contributed by atoms with Gasteiger partial charge in [-0.25, -0.2) is 9.78 Å². The van der Waals surface area contributed by atoms with E-state index in [1.54, 1.807) is 12.1 Å². The van der Waals surface area contributed by atoms with Gasteiger partial charge in [-0.3, -0.25) is 0 Å². The summed E-state index contributed by atoms with van der Waals surface area (Å²) in [6, 6.07) is 9.17. The predicted molar refractivity (Wildman–Crippen MR) is 71.1 cm³/mol. The number of hydrogen-bond donors (Lipinski definition) is 1. The Balaban J connectivity index is 2.54. The summed E-state index contributed by atoms with van der Waals surface area (Å²) in [7, 11) is 0. The summed E-state index contributed by atoms with van der Waals surface area (Å²) in [4.78, 5) is 15.1. The quantitative estimate of drug-likeness (QED) is 0.896. The second-order valence-corrected chi connectivity index (χ2v) is 4.54. The first-order valence-corrected chi connectivity index (χ1v) is 5.84. The predicted octanol–water partition coefficient (Wildman–Crippen LogP) is 3.72. The lowest BCUT2D eigenvalue weighted by Crippen LogP contribution is -2.02. The lowest BCUT2D eigenvalue weighted by atomic mass is 10.0. The van der Waals surface area contributed by atoms with Gasteiger partial charge in [0.25, 0.3) is 0 Å². The largest absolute Gasteiger partial charge is 0.476 e. The Bertz CT molecular complexity index is 623. The van der Waals surface area contributed by atoms with Gasteiger partial charge in [0.15, 0.2) is 5.69 Å². The zero-order chi connectivity index (χ0) is 13.3. The van der Waals surface area contributed by atoms with Crippen LogP contribution < -0.4 is 0 Å². The van der Waals surface area contributed by atoms with Crippen LogP contribution in [0.25, 0.3) is 11.3 Å². The van der Waals surface area contributed by atoms with Crippen LogP contribution in [0.4, 0.5) is 0 Å². The van der Waals surface area contributed by atoms with Gasteiger partial charge in [-0.1, -0.05) is 23.7 Å². The van der Waals surface area contributed by atoms with Crippen LogP contribution in [0, 0.1) is 13.8 Å². The van der Waals surface area contributed by atoms with E-state index in [1.807, 2.05) is 32.0 Å². The number of benzene rings is 1. The third-order valence-corrected chi connectivity index (χ3v) is 3.16. The van der Waals surface area contributed by atoms with E-state index in [9.17, 15) is 4.79 Å². The molecule has 0 unspecified atom stereocenters. The molecule has 92 valence electrons. The average Bonchev–Trinajstić information content (AvgIpc) is 2.33. The van der Waals surface area contributed by atoms with E-state index in [4.69, 9.17) is 16.7 Å². The first-order chi connectivity index (χ1) is 8.49. The molecule has 0 spiro atoms. The first kappa shape index (κ1) is 12.6. The van der Waals surface area contributed by atoms with Crippen molar-refractivity contribution in [1.82, 2.24) is 4.98 Å². The van der Waals surface area contributed by atoms with E-state index in [-0.39, 0.29) is 10.7 Å². The summed E-state index contributed by atoms with van der Waals surface area (Å²) < 4.78 is 0. The van der Waals surface area contributed by atoms with Crippen molar-refractivity contribution in [3.63, 3.8) is 0 Å². The summed E-state index contributed by atoms with van der Waals surface area (Å²) in [5.74, 6) is -1.12. The van der Waals surface area contributed by atoms with E-state index < -0.39 is 5.97 Å². The number of halogens is 1. The third kappa shape index (κ3) is 2.36. The van der Waals surface area contributed by atoms with E-state index in [0.717, 1.165) is 11.1 Å². The van der Waals surface area contributed by atoms with Crippen LogP contribution in [0.1, 0.15) is 21.6 Å². The van der Waals surface area contributed by atoms with Gasteiger partial charge in [0.2, 0.25) is 0 Å². The fourth-order valence-electron chi connectivity index (χ4n) is 1.65. The molecule has 4 heteroatoms. The number of carboxylic acid groups (broad SMARTS) is 1. The summed E-state index contributed by atoms with van der Waals surface area (Å²) in [5, 5.41) is 9.14. The van der Waals surface area contributed by atoms with Crippen molar-refractivity contribution in [2.45, 2.75) is 13.8 Å². The minimum absolute atomic E-state index is 0.118. The van der Waals surface area contributed by atoms with E-state index in [1.165, 1.54) is 5.56 Å². The van der Waals surface area contributed by atoms with Crippen LogP contribution in [0.15, 0.2) is 30.3 Å². The van der Waals surface area contributed by atoms with Gasteiger partial charge in [0, 0.05) is 5.56 Å². The Kier molecular flexibility index (Phi) is 3.34. The molecule has 0 radical (unpaired) electrons. The number of carboxylic acids is 1. The number of aromatic carboxylic acids is 1. The SMILES string of the molecule is Cc1ccc(-c2ccc(Cl)c(C(=O)O)n2)cc1C. The number of hydrogen-bond acceptors (Lipinski definition) is 2. The van der Waals surface area contributed by atoms with Gasteiger partial charge in [-0.05, 0) is 43.2 Å². The summed E-state index contributed by atoms with van der Waals surface area (Å²) >= 11 is 5.79. The Morgan fingerprint density at radius 3 is 2.50 bits per heavy atom. The molecule has 0 fully saturated rings. The molecule has 1 heterocycles. The monoisotopic (exact) mass is 261 g/mol. The molecule has 0 saturated heterocycles. The molecule has 0 amide bonds. The first-order valence-electron chi connectivity index (χ1n) is 5.46. The number of rotatable bonds is 2. The normalized spacial score (nSPS) is 10.4. The lowest BCUT2D eigenvalue weighted by molar-refractivity contribution is 0.0691. The maximum Gasteiger partial charge on any atom is 0.356 e. The summed E-state index contributed by atoms with van der Waals surface area (Å²) in [5.41, 5.74) is 3.71. The Morgan fingerprint density at radius 1 is 1.17 bits per heavy atom. The molecule has 1 N–H and O–H groups in total. The van der Waals surface area contributed by atoms with Crippen molar-refractivity contribution < 1.29 is 9.90 Å². The lowest BCUT2D eigenvalue weighted by Gasteiger charge is -2.06. The molecule has 0 aliphatic rings. The number of carbonyl (C=O) groups is 1. The van der Waals surface area contributed by atoms with Gasteiger partial charge in [0.1, 0.15) is 0 Å². The van der Waals surface area contributed by atoms with Crippen molar-refractivity contribution in [2.24, 2.45) is 0 Å². The minimum atomic E-state index is -1.12. The van der Waals surface area contributed by atoms with Crippen LogP contribution in [-0.2, 0) is 0 Å². The maximum atomic E-state index is 11.0. The van der Waals surface area contributed by atoms with Gasteiger partial charge in [-0.15, -0.1) is 0 Å². The molecule has 1 aromatic heterocycles. The van der Waals surface area contributed by atoms with Crippen LogP contribution in [-0.4, -0.2) is 16.1 Å². The highest BCUT2D eigenvalue weighted by atomic mass is 35.5. The van der Waals surface area contributed by atoms with Gasteiger partial charge >= 0.3 is 5.97 Å². The molecule has 1 aromatic carbocycles. The highest BCUT2D eigenvalue weighted by Gasteiger charge is 2.12. The number of aromatic nitrogens is 1. The van der Waals surface area contributed by atoms with E-state index in [2.05, 4.69) is 4.98 Å². The highest BCUT2D eigenvalue weighted by molar-refractivity contribution is 6.33. The molecule has 3 nitrogen and oxygen atoms in total. The molecular formula is C14H12ClNO2. The number of nitrogens with zero attached hydrogens (tertiary/aromatic N) is 1. The number of pyridine rings is 1. The third-order valence-electron chi connectivity index (χ3n) is 2.85. The summed E-state index contributed by atoms with van der Waals surface area (Å²) in [6.45, 7) is 4.03. The molecular weight excluding hydrogens is 250 g/mol. The van der Waals surface area contributed by atoms with Crippen molar-refractivity contribution >= 4 is 17.6 Å². The van der Waals surface area contributed by atoms with Gasteiger partial charge in [0.05, 0.1) is 10.7 Å². The van der Waals surface area contributed by atoms with Crippen LogP contribution in [0.3, 0.4) is 0 Å². The second kappa shape index (κ2) is 4.78. The molecule has 0 bridgehead atoms. The van der Waals surface area contributed by atoms with E-state index in [0.29, 0.717) is 5.69 Å². The van der Waals surface area contributed by atoms with Crippen molar-refractivity contribution in [3.8, 4) is 11.3 Å². The zero-order valence-corrected chi connectivity index (χ0v) is 10.8. The van der Waals surface area contributed by atoms with Crippen molar-refractivity contribution in [3.05, 3.63) is 52.2 Å². The molecule has 0 atom stereocenters. The van der Waals surface area contributed by atoms with Crippen molar-refractivity contribution in [2.75, 3.05) is 0 Å². The standard InChI is InChI=1S/C14H12ClNO2/c1-8-3-4-10(7-9(8)2)12-6-5-11(15)13(16-12)14(17)18/h3-7H,1-2H3,(H,17,18). The Morgan fingerprint density at radius 2 is 1.89 bits per heavy atom. The zero-order valence-electron chi connectivity index (χ0n) is 10.1. The molecule has 0 aliphatic heterocycles. The number of aryl methyl sites for hydroxylation is 2. The molecule has 0 aliphatic carbocycles. The second-order valence-electron chi connectivity index (χ2n) is 4.13. The van der Waals surface area contributed by atoms with Crippen LogP contribution in [0.2, 0.25) is 5.02 Å². The van der Waals surface area contributed by atoms with Crippen LogP contribution >= 0.6 is 11.6 Å². The topological polar surface area (TPSA) is 50.2 Å². The van der Waals surface area contributed by atoms with Crippen LogP contribution in [0.5, 0.6) is 0 Å². The molecule has 0 saturated carbocycles. The molecule has 2 rings (SSSR count). The van der Waals surface area contributed by atoms with Gasteiger partial charge < -0.3 is 5.11 Å². The summed E-state index contributed by atoms with van der Waals surface area (Å²) in [6.07, 6.45) is 0. The van der Waals surface area contributed by atoms with E-state index >= 15 is 0 Å². The highest BCUT2D eigenvalue weighted by Crippen LogP contribution is 2.23.